The fourth-order valence-corrected chi connectivity index (χ4v) is 12.2. The first-order chi connectivity index (χ1) is 34.1. The highest BCUT2D eigenvalue weighted by Gasteiger charge is 2.44. The molecule has 0 fully saturated rings. The van der Waals surface area contributed by atoms with Crippen LogP contribution < -0.4 is 30.0 Å². The highest BCUT2D eigenvalue weighted by Crippen LogP contribution is 2.53. The van der Waals surface area contributed by atoms with E-state index in [-0.39, 0.29) is 37.7 Å². The highest BCUT2D eigenvalue weighted by atomic mass is 31.2. The molecule has 6 aromatic carbocycles. The normalized spacial score (nSPS) is 12.0. The second kappa shape index (κ2) is 26.3. The fourth-order valence-electron chi connectivity index (χ4n) is 9.06. The summed E-state index contributed by atoms with van der Waals surface area (Å²) in [5, 5.41) is 0.277. The summed E-state index contributed by atoms with van der Waals surface area (Å²) in [6.07, 6.45) is 0.754. The predicted octanol–water partition coefficient (Wildman–Crippen LogP) is 13.0. The van der Waals surface area contributed by atoms with Crippen molar-refractivity contribution in [2.24, 2.45) is 17.1 Å². The van der Waals surface area contributed by atoms with Crippen LogP contribution in [0.5, 0.6) is 23.0 Å². The average Bonchev–Trinajstić information content (AvgIpc) is 3.35. The maximum atomic E-state index is 14.5. The monoisotopic (exact) mass is 1010 g/mol. The SMILES string of the molecule is COc1ccc(C(=O)CC(C)(C)CC(C)C(P=O)C(=O)c2ccc(OC)cc2OC)c(OC)c1.Cc1cc(C)c(C(=O)P(=O)(C(=O)c2c(C)cc(C)cc2C)c2ccccc2)c(C)c1.NCc1cc[c]cc1. The van der Waals surface area contributed by atoms with Crippen LogP contribution in [0.15, 0.2) is 115 Å². The fraction of sp³-hybridized carbons (Fsp3) is 0.322. The maximum absolute atomic E-state index is 14.5. The van der Waals surface area contributed by atoms with Gasteiger partial charge in [0.1, 0.15) is 28.7 Å². The topological polar surface area (TPSA) is 165 Å². The third kappa shape index (κ3) is 14.3. The van der Waals surface area contributed by atoms with Gasteiger partial charge >= 0.3 is 0 Å². The molecule has 2 N–H and O–H groups in total. The molecular weight excluding hydrogens is 945 g/mol. The van der Waals surface area contributed by atoms with Crippen LogP contribution in [0.4, 0.5) is 0 Å². The highest BCUT2D eigenvalue weighted by molar-refractivity contribution is 8.01. The second-order valence-corrected chi connectivity index (χ2v) is 22.0. The molecule has 0 spiro atoms. The van der Waals surface area contributed by atoms with Gasteiger partial charge in [0.25, 0.3) is 0 Å². The number of ether oxygens (including phenoxy) is 4. The Bertz CT molecular complexity index is 2810. The second-order valence-electron chi connectivity index (χ2n) is 18.7. The molecule has 0 saturated carbocycles. The van der Waals surface area contributed by atoms with Gasteiger partial charge in [-0.3, -0.25) is 23.7 Å². The van der Waals surface area contributed by atoms with E-state index in [1.165, 1.54) is 21.3 Å². The van der Waals surface area contributed by atoms with Gasteiger partial charge in [0.15, 0.2) is 20.0 Å². The van der Waals surface area contributed by atoms with Gasteiger partial charge in [0.05, 0.1) is 39.6 Å². The number of nitrogens with two attached hydrogens (primary N) is 1. The molecule has 0 aliphatic heterocycles. The number of hydrogen-bond acceptors (Lipinski definition) is 11. The van der Waals surface area contributed by atoms with Crippen LogP contribution in [0, 0.1) is 58.9 Å². The van der Waals surface area contributed by atoms with Crippen LogP contribution in [0.25, 0.3) is 0 Å². The molecule has 0 amide bonds. The number of ketones is 2. The van der Waals surface area contributed by atoms with Crippen LogP contribution >= 0.6 is 15.6 Å². The van der Waals surface area contributed by atoms with E-state index in [2.05, 4.69) is 6.07 Å². The smallest absolute Gasteiger partial charge is 0.248 e. The van der Waals surface area contributed by atoms with Crippen molar-refractivity contribution >= 4 is 43.5 Å². The van der Waals surface area contributed by atoms with Gasteiger partial charge in [-0.15, -0.1) is 0 Å². The molecule has 0 aliphatic carbocycles. The molecule has 11 nitrogen and oxygen atoms in total. The van der Waals surface area contributed by atoms with Gasteiger partial charge in [-0.2, -0.15) is 0 Å². The largest absolute Gasteiger partial charge is 0.497 e. The third-order valence-corrected chi connectivity index (χ3v) is 15.9. The van der Waals surface area contributed by atoms with Crippen LogP contribution in [-0.4, -0.2) is 56.7 Å². The van der Waals surface area contributed by atoms with E-state index in [1.54, 1.807) is 73.8 Å². The minimum atomic E-state index is -4.11. The number of rotatable bonds is 19. The quantitative estimate of drug-likeness (QED) is 0.0606. The van der Waals surface area contributed by atoms with Crippen LogP contribution in [0.1, 0.15) is 114 Å². The first-order valence-corrected chi connectivity index (χ1v) is 26.1. The van der Waals surface area contributed by atoms with Crippen molar-refractivity contribution in [2.45, 2.75) is 87.4 Å². The summed E-state index contributed by atoms with van der Waals surface area (Å²) in [6, 6.07) is 36.6. The van der Waals surface area contributed by atoms with E-state index in [1.807, 2.05) is 111 Å². The van der Waals surface area contributed by atoms with Crippen molar-refractivity contribution in [3.05, 3.63) is 183 Å². The molecule has 6 aromatic rings. The Kier molecular flexibility index (Phi) is 21.2. The zero-order valence-corrected chi connectivity index (χ0v) is 45.6. The van der Waals surface area contributed by atoms with E-state index < -0.39 is 29.3 Å². The Balaban J connectivity index is 0.000000271. The van der Waals surface area contributed by atoms with Crippen molar-refractivity contribution in [1.82, 2.24) is 0 Å². The predicted molar refractivity (Wildman–Crippen MR) is 288 cm³/mol. The summed E-state index contributed by atoms with van der Waals surface area (Å²) in [6.45, 7) is 17.7. The van der Waals surface area contributed by atoms with Gasteiger partial charge in [-0.25, -0.2) is 0 Å². The van der Waals surface area contributed by atoms with Crippen molar-refractivity contribution in [3.63, 3.8) is 0 Å². The van der Waals surface area contributed by atoms with E-state index in [4.69, 9.17) is 24.7 Å². The van der Waals surface area contributed by atoms with Gasteiger partial charge < -0.3 is 29.2 Å². The number of aryl methyl sites for hydroxylation is 6. The zero-order chi connectivity index (χ0) is 53.5. The molecule has 0 heterocycles. The molecule has 0 aromatic heterocycles. The summed E-state index contributed by atoms with van der Waals surface area (Å²) in [5.74, 6) is 1.38. The Labute approximate surface area is 427 Å². The Hall–Kier alpha value is -6.51. The Morgan fingerprint density at radius 1 is 0.639 bits per heavy atom. The molecule has 0 saturated heterocycles. The van der Waals surface area contributed by atoms with Crippen LogP contribution in [0.2, 0.25) is 0 Å². The first-order valence-electron chi connectivity index (χ1n) is 23.5. The lowest BCUT2D eigenvalue weighted by Crippen LogP contribution is -2.29. The zero-order valence-electron chi connectivity index (χ0n) is 43.8. The van der Waals surface area contributed by atoms with Crippen molar-refractivity contribution in [3.8, 4) is 23.0 Å². The van der Waals surface area contributed by atoms with E-state index >= 15 is 0 Å². The van der Waals surface area contributed by atoms with Gasteiger partial charge in [-0.05, 0) is 117 Å². The van der Waals surface area contributed by atoms with E-state index in [0.717, 1.165) is 38.9 Å². The molecule has 72 heavy (non-hydrogen) atoms. The lowest BCUT2D eigenvalue weighted by molar-refractivity contribution is 0.0900. The van der Waals surface area contributed by atoms with Gasteiger partial charge in [-0.1, -0.05) is 111 Å². The third-order valence-electron chi connectivity index (χ3n) is 12.3. The number of benzene rings is 6. The molecule has 0 aliphatic rings. The lowest BCUT2D eigenvalue weighted by Gasteiger charge is -2.29. The molecular formula is C59H68NO10P2. The van der Waals surface area contributed by atoms with Crippen molar-refractivity contribution in [1.29, 1.82) is 0 Å². The standard InChI is InChI=1S/C26H33O7P.C26H27O3P.C7H8N/c1-16(25(34-29)24(28)20-11-9-18(31-5)13-23(20)33-7)14-26(2,3)15-21(27)19-10-8-17(30-4)12-22(19)32-6;1-16-12-18(3)23(19(4)13-16)25(27)30(29,22-10-8-7-9-11-22)26(28)24-20(5)14-17(2)15-21(24)6;8-6-7-4-2-1-3-5-7/h8-13,16,25H,14-15H2,1-7H3;7-15H,1-6H3;2-5H,6,8H2. The van der Waals surface area contributed by atoms with Crippen molar-refractivity contribution < 1.29 is 47.3 Å². The number of methoxy groups -OCH3 is 4. The number of carbonyl (C=O) groups excluding carboxylic acids is 4. The molecule has 2 atom stereocenters. The van der Waals surface area contributed by atoms with Crippen LogP contribution in [-0.2, 0) is 15.7 Å². The van der Waals surface area contributed by atoms with Crippen molar-refractivity contribution in [2.75, 3.05) is 28.4 Å². The maximum Gasteiger partial charge on any atom is 0.248 e. The molecule has 2 unspecified atom stereocenters. The number of hydrogen-bond donors (Lipinski definition) is 1. The van der Waals surface area contributed by atoms with Crippen LogP contribution in [0.3, 0.4) is 0 Å². The number of Topliss-reactive ketones (excluding diaryl/α,β-unsaturated/α-hetero) is 2. The molecule has 13 heteroatoms. The Morgan fingerprint density at radius 3 is 1.49 bits per heavy atom. The molecule has 0 bridgehead atoms. The first kappa shape index (κ1) is 58.1. The minimum Gasteiger partial charge on any atom is -0.497 e. The summed E-state index contributed by atoms with van der Waals surface area (Å²) in [7, 11) is 1.67. The van der Waals surface area contributed by atoms with E-state index in [9.17, 15) is 28.3 Å². The summed E-state index contributed by atoms with van der Waals surface area (Å²) in [5.41, 5.74) is 10.7. The molecule has 1 radical (unpaired) electrons. The summed E-state index contributed by atoms with van der Waals surface area (Å²) in [4.78, 5) is 54.0. The molecule has 6 rings (SSSR count). The van der Waals surface area contributed by atoms with Gasteiger partial charge in [0, 0.05) is 41.5 Å². The molecule has 379 valence electrons. The number of carbonyl (C=O) groups is 4. The summed E-state index contributed by atoms with van der Waals surface area (Å²) < 4.78 is 47.7. The van der Waals surface area contributed by atoms with E-state index in [0.29, 0.717) is 58.2 Å². The van der Waals surface area contributed by atoms with Gasteiger partial charge in [0.2, 0.25) is 18.2 Å². The average molecular weight is 1010 g/mol. The Morgan fingerprint density at radius 2 is 1.08 bits per heavy atom. The summed E-state index contributed by atoms with van der Waals surface area (Å²) >= 11 is 0. The minimum absolute atomic E-state index is 0.0731. The lowest BCUT2D eigenvalue weighted by atomic mass is 9.76.